The van der Waals surface area contributed by atoms with Crippen molar-refractivity contribution in [2.75, 3.05) is 26.3 Å². The molecule has 8 heteroatoms. The minimum absolute atomic E-state index is 0.116. The average molecular weight is 295 g/mol. The lowest BCUT2D eigenvalue weighted by atomic mass is 10.1. The van der Waals surface area contributed by atoms with Crippen LogP contribution in [0.25, 0.3) is 0 Å². The van der Waals surface area contributed by atoms with E-state index < -0.39 is 29.0 Å². The lowest BCUT2D eigenvalue weighted by Gasteiger charge is -2.37. The molecule has 0 amide bonds. The zero-order chi connectivity index (χ0) is 15.0. The lowest BCUT2D eigenvalue weighted by molar-refractivity contribution is -0.287. The maximum atomic E-state index is 13.3. The molecule has 1 aliphatic rings. The van der Waals surface area contributed by atoms with Gasteiger partial charge in [0.15, 0.2) is 0 Å². The van der Waals surface area contributed by atoms with Gasteiger partial charge < -0.3 is 14.9 Å². The molecule has 1 aromatic carbocycles. The summed E-state index contributed by atoms with van der Waals surface area (Å²) in [4.78, 5) is 1.12. The second kappa shape index (κ2) is 5.28. The predicted molar refractivity (Wildman–Crippen MR) is 59.9 cm³/mol. The van der Waals surface area contributed by atoms with Gasteiger partial charge >= 0.3 is 6.18 Å². The van der Waals surface area contributed by atoms with E-state index in [1.165, 1.54) is 0 Å². The Morgan fingerprint density at radius 2 is 1.55 bits per heavy atom. The number of ether oxygens (including phenoxy) is 1. The van der Waals surface area contributed by atoms with Crippen molar-refractivity contribution in [2.45, 2.75) is 12.1 Å². The molecular weight excluding hydrogens is 282 g/mol. The maximum Gasteiger partial charge on any atom is 0.416 e. The van der Waals surface area contributed by atoms with E-state index in [0.717, 1.165) is 4.90 Å². The van der Waals surface area contributed by atoms with E-state index in [2.05, 4.69) is 0 Å². The van der Waals surface area contributed by atoms with Gasteiger partial charge in [0.2, 0.25) is 0 Å². The van der Waals surface area contributed by atoms with Crippen LogP contribution in [-0.4, -0.2) is 41.4 Å². The molecule has 0 bridgehead atoms. The number of hydrogen-bond acceptors (Lipinski definition) is 4. The smallest absolute Gasteiger partial charge is 0.379 e. The molecule has 0 spiro atoms. The van der Waals surface area contributed by atoms with Gasteiger partial charge in [-0.15, -0.1) is 0 Å². The number of halogens is 4. The summed E-state index contributed by atoms with van der Waals surface area (Å²) in [6.07, 6.45) is -4.77. The fourth-order valence-electron chi connectivity index (χ4n) is 2.00. The summed E-state index contributed by atoms with van der Waals surface area (Å²) in [6, 6.07) is 1.50. The maximum absolute atomic E-state index is 13.3. The molecule has 1 saturated heterocycles. The monoisotopic (exact) mass is 295 g/mol. The fraction of sp³-hybridized carbons (Fsp3) is 0.500. The normalized spacial score (nSPS) is 18.3. The van der Waals surface area contributed by atoms with Gasteiger partial charge in [0.25, 0.3) is 5.91 Å². The van der Waals surface area contributed by atoms with Crippen molar-refractivity contribution >= 4 is 0 Å². The molecule has 20 heavy (non-hydrogen) atoms. The first-order valence-corrected chi connectivity index (χ1v) is 5.87. The fourth-order valence-corrected chi connectivity index (χ4v) is 2.00. The molecule has 0 aliphatic carbocycles. The van der Waals surface area contributed by atoms with Crippen LogP contribution in [0.1, 0.15) is 11.1 Å². The zero-order valence-electron chi connectivity index (χ0n) is 10.3. The number of rotatable bonds is 2. The van der Waals surface area contributed by atoms with Crippen molar-refractivity contribution in [2.24, 2.45) is 0 Å². The molecule has 0 saturated carbocycles. The van der Waals surface area contributed by atoms with Crippen molar-refractivity contribution in [1.29, 1.82) is 0 Å². The number of nitrogens with zero attached hydrogens (tertiary/aromatic N) is 1. The highest BCUT2D eigenvalue weighted by Gasteiger charge is 2.38. The van der Waals surface area contributed by atoms with Gasteiger partial charge in [0.1, 0.15) is 5.82 Å². The molecule has 2 rings (SSSR count). The van der Waals surface area contributed by atoms with Gasteiger partial charge in [-0.05, 0) is 18.2 Å². The van der Waals surface area contributed by atoms with Gasteiger partial charge in [0.05, 0.1) is 18.8 Å². The Morgan fingerprint density at radius 1 is 1.00 bits per heavy atom. The van der Waals surface area contributed by atoms with E-state index in [1.807, 2.05) is 0 Å². The van der Waals surface area contributed by atoms with Crippen LogP contribution in [0.4, 0.5) is 17.6 Å². The minimum atomic E-state index is -4.77. The second-order valence-corrected chi connectivity index (χ2v) is 4.46. The van der Waals surface area contributed by atoms with Gasteiger partial charge in [-0.25, -0.2) is 9.29 Å². The van der Waals surface area contributed by atoms with E-state index in [-0.39, 0.29) is 26.3 Å². The first-order chi connectivity index (χ1) is 9.21. The van der Waals surface area contributed by atoms with Crippen molar-refractivity contribution < 1.29 is 32.5 Å². The van der Waals surface area contributed by atoms with Crippen molar-refractivity contribution in [3.05, 3.63) is 35.1 Å². The van der Waals surface area contributed by atoms with E-state index in [1.54, 1.807) is 0 Å². The summed E-state index contributed by atoms with van der Waals surface area (Å²) >= 11 is 0. The van der Waals surface area contributed by atoms with Crippen LogP contribution in [0.2, 0.25) is 0 Å². The number of aliphatic hydroxyl groups is 2. The Balaban J connectivity index is 2.37. The van der Waals surface area contributed by atoms with Crippen molar-refractivity contribution in [3.63, 3.8) is 0 Å². The lowest BCUT2D eigenvalue weighted by Crippen LogP contribution is -2.51. The molecule has 0 radical (unpaired) electrons. The van der Waals surface area contributed by atoms with Crippen LogP contribution in [-0.2, 0) is 16.8 Å². The Hall–Kier alpha value is -1.22. The van der Waals surface area contributed by atoms with Gasteiger partial charge in [-0.3, -0.25) is 0 Å². The van der Waals surface area contributed by atoms with Crippen LogP contribution in [0.15, 0.2) is 18.2 Å². The third-order valence-corrected chi connectivity index (χ3v) is 3.06. The topological polar surface area (TPSA) is 52.9 Å². The first-order valence-electron chi connectivity index (χ1n) is 5.87. The third kappa shape index (κ3) is 3.09. The number of hydrogen-bond donors (Lipinski definition) is 2. The molecule has 2 N–H and O–H groups in total. The summed E-state index contributed by atoms with van der Waals surface area (Å²) in [5, 5.41) is 20.0. The highest BCUT2D eigenvalue weighted by atomic mass is 19.4. The number of benzene rings is 1. The van der Waals surface area contributed by atoms with E-state index in [0.29, 0.717) is 18.2 Å². The number of alkyl halides is 3. The highest BCUT2D eigenvalue weighted by Crippen LogP contribution is 2.33. The molecule has 112 valence electrons. The quantitative estimate of drug-likeness (QED) is 0.637. The third-order valence-electron chi connectivity index (χ3n) is 3.06. The van der Waals surface area contributed by atoms with Crippen molar-refractivity contribution in [3.8, 4) is 0 Å². The average Bonchev–Trinajstić information content (AvgIpc) is 2.38. The van der Waals surface area contributed by atoms with Crippen LogP contribution in [0, 0.1) is 5.82 Å². The minimum Gasteiger partial charge on any atom is -0.379 e. The standard InChI is InChI=1S/C12H13F4NO3/c13-10-6-8(11(14,15)16)5-9(7-10)12(18,19)17-1-3-20-4-2-17/h5-7,18-19H,1-4H2. The largest absolute Gasteiger partial charge is 0.416 e. The molecule has 4 nitrogen and oxygen atoms in total. The Morgan fingerprint density at radius 3 is 2.10 bits per heavy atom. The Kier molecular flexibility index (Phi) is 4.01. The summed E-state index contributed by atoms with van der Waals surface area (Å²) in [6.45, 7) is 0.657. The summed E-state index contributed by atoms with van der Waals surface area (Å²) in [5.74, 6) is -3.86. The first kappa shape index (κ1) is 15.2. The molecular formula is C12H13F4NO3. The summed E-state index contributed by atoms with van der Waals surface area (Å²) < 4.78 is 56.1. The number of morpholine rings is 1. The molecule has 0 unspecified atom stereocenters. The molecule has 1 aromatic rings. The van der Waals surface area contributed by atoms with E-state index in [9.17, 15) is 27.8 Å². The van der Waals surface area contributed by atoms with Crippen LogP contribution < -0.4 is 0 Å². The molecule has 0 atom stereocenters. The zero-order valence-corrected chi connectivity index (χ0v) is 10.3. The van der Waals surface area contributed by atoms with Gasteiger partial charge in [0, 0.05) is 18.7 Å². The van der Waals surface area contributed by atoms with E-state index >= 15 is 0 Å². The molecule has 1 heterocycles. The van der Waals surface area contributed by atoms with Crippen LogP contribution in [0.3, 0.4) is 0 Å². The van der Waals surface area contributed by atoms with Gasteiger partial charge in [-0.2, -0.15) is 13.2 Å². The second-order valence-electron chi connectivity index (χ2n) is 4.46. The molecule has 1 aliphatic heterocycles. The SMILES string of the molecule is OC(O)(c1cc(F)cc(C(F)(F)F)c1)N1CCOCC1. The molecule has 1 fully saturated rings. The van der Waals surface area contributed by atoms with Crippen molar-refractivity contribution in [1.82, 2.24) is 4.90 Å². The van der Waals surface area contributed by atoms with E-state index in [4.69, 9.17) is 4.74 Å². The summed E-state index contributed by atoms with van der Waals surface area (Å²) in [7, 11) is 0. The summed E-state index contributed by atoms with van der Waals surface area (Å²) in [5.41, 5.74) is -1.83. The predicted octanol–water partition coefficient (Wildman–Crippen LogP) is 1.27. The molecule has 0 aromatic heterocycles. The Labute approximate surface area is 112 Å². The van der Waals surface area contributed by atoms with Crippen LogP contribution in [0.5, 0.6) is 0 Å². The Bertz CT molecular complexity index is 484. The van der Waals surface area contributed by atoms with Crippen LogP contribution >= 0.6 is 0 Å². The highest BCUT2D eigenvalue weighted by molar-refractivity contribution is 5.29. The van der Waals surface area contributed by atoms with Gasteiger partial charge in [-0.1, -0.05) is 0 Å².